The van der Waals surface area contributed by atoms with Gasteiger partial charge in [-0.1, -0.05) is 5.21 Å². The lowest BCUT2D eigenvalue weighted by Crippen LogP contribution is -2.46. The molecular formula is C12H14F3N3O2. The van der Waals surface area contributed by atoms with E-state index in [1.54, 1.807) is 0 Å². The Hall–Kier alpha value is -1.44. The van der Waals surface area contributed by atoms with E-state index in [9.17, 15) is 18.0 Å². The van der Waals surface area contributed by atoms with E-state index in [1.807, 2.05) is 0 Å². The second kappa shape index (κ2) is 4.54. The van der Waals surface area contributed by atoms with Crippen LogP contribution in [-0.4, -0.2) is 39.2 Å². The van der Waals surface area contributed by atoms with Crippen LogP contribution < -0.4 is 0 Å². The SMILES string of the molecule is O=C(c1cn(C2CCOC3(CCC3)C2)nn1)C(F)(F)F. The Morgan fingerprint density at radius 2 is 2.20 bits per heavy atom. The minimum Gasteiger partial charge on any atom is -0.375 e. The van der Waals surface area contributed by atoms with Gasteiger partial charge in [0.05, 0.1) is 17.8 Å². The highest BCUT2D eigenvalue weighted by molar-refractivity contribution is 5.98. The van der Waals surface area contributed by atoms with Gasteiger partial charge in [0.1, 0.15) is 0 Å². The minimum absolute atomic E-state index is 0.0497. The molecule has 3 rings (SSSR count). The maximum atomic E-state index is 12.3. The van der Waals surface area contributed by atoms with Crippen molar-refractivity contribution in [3.63, 3.8) is 0 Å². The van der Waals surface area contributed by atoms with Crippen molar-refractivity contribution >= 4 is 5.78 Å². The van der Waals surface area contributed by atoms with E-state index in [1.165, 1.54) is 4.68 Å². The zero-order chi connectivity index (χ0) is 14.4. The van der Waals surface area contributed by atoms with Crippen molar-refractivity contribution < 1.29 is 22.7 Å². The summed E-state index contributed by atoms with van der Waals surface area (Å²) >= 11 is 0. The van der Waals surface area contributed by atoms with Gasteiger partial charge in [0.25, 0.3) is 5.78 Å². The Bertz CT molecular complexity index is 522. The van der Waals surface area contributed by atoms with Gasteiger partial charge >= 0.3 is 6.18 Å². The Balaban J connectivity index is 1.75. The van der Waals surface area contributed by atoms with Gasteiger partial charge in [-0.25, -0.2) is 4.68 Å². The molecule has 0 radical (unpaired) electrons. The maximum Gasteiger partial charge on any atom is 0.456 e. The van der Waals surface area contributed by atoms with Crippen LogP contribution in [0.1, 0.15) is 48.6 Å². The van der Waals surface area contributed by atoms with Crippen LogP contribution in [0.15, 0.2) is 6.20 Å². The molecule has 1 aliphatic carbocycles. The number of Topliss-reactive ketones (excluding diaryl/α,β-unsaturated/α-hetero) is 1. The number of nitrogens with zero attached hydrogens (tertiary/aromatic N) is 3. The van der Waals surface area contributed by atoms with Gasteiger partial charge in [-0.05, 0) is 32.1 Å². The molecule has 0 aromatic carbocycles. The van der Waals surface area contributed by atoms with E-state index >= 15 is 0 Å². The maximum absolute atomic E-state index is 12.3. The summed E-state index contributed by atoms with van der Waals surface area (Å²) < 4.78 is 44.1. The molecule has 2 heterocycles. The number of carbonyl (C=O) groups is 1. The van der Waals surface area contributed by atoms with E-state index < -0.39 is 17.7 Å². The Morgan fingerprint density at radius 1 is 1.45 bits per heavy atom. The van der Waals surface area contributed by atoms with Crippen molar-refractivity contribution in [1.29, 1.82) is 0 Å². The molecule has 0 amide bonds. The van der Waals surface area contributed by atoms with Gasteiger partial charge < -0.3 is 4.74 Å². The number of hydrogen-bond donors (Lipinski definition) is 0. The molecule has 2 aliphatic rings. The lowest BCUT2D eigenvalue weighted by Gasteiger charge is -2.47. The molecule has 5 nitrogen and oxygen atoms in total. The van der Waals surface area contributed by atoms with Gasteiger partial charge in [-0.15, -0.1) is 5.10 Å². The summed E-state index contributed by atoms with van der Waals surface area (Å²) in [5.74, 6) is -1.95. The van der Waals surface area contributed by atoms with Gasteiger partial charge in [-0.3, -0.25) is 4.79 Å². The van der Waals surface area contributed by atoms with Crippen molar-refractivity contribution in [3.8, 4) is 0 Å². The summed E-state index contributed by atoms with van der Waals surface area (Å²) in [4.78, 5) is 11.1. The van der Waals surface area contributed by atoms with Crippen LogP contribution in [0.25, 0.3) is 0 Å². The second-order valence-corrected chi connectivity index (χ2v) is 5.44. The first kappa shape index (κ1) is 13.5. The molecule has 1 aromatic rings. The van der Waals surface area contributed by atoms with Crippen molar-refractivity contribution in [2.45, 2.75) is 49.9 Å². The van der Waals surface area contributed by atoms with Crippen molar-refractivity contribution in [2.75, 3.05) is 6.61 Å². The predicted octanol–water partition coefficient (Wildman–Crippen LogP) is 2.30. The average Bonchev–Trinajstić information content (AvgIpc) is 2.84. The summed E-state index contributed by atoms with van der Waals surface area (Å²) in [6.07, 6.45) is 0.644. The number of halogens is 3. The fraction of sp³-hybridized carbons (Fsp3) is 0.750. The number of rotatable bonds is 2. The number of ether oxygens (including phenoxy) is 1. The highest BCUT2D eigenvalue weighted by Crippen LogP contribution is 2.45. The Kier molecular flexibility index (Phi) is 3.07. The zero-order valence-corrected chi connectivity index (χ0v) is 10.7. The largest absolute Gasteiger partial charge is 0.456 e. The number of carbonyl (C=O) groups excluding carboxylic acids is 1. The fourth-order valence-electron chi connectivity index (χ4n) is 2.85. The summed E-state index contributed by atoms with van der Waals surface area (Å²) in [6.45, 7) is 0.563. The number of hydrogen-bond acceptors (Lipinski definition) is 4. The summed E-state index contributed by atoms with van der Waals surface area (Å²) in [6, 6.07) is -0.0497. The first-order valence-electron chi connectivity index (χ1n) is 6.57. The van der Waals surface area contributed by atoms with Gasteiger partial charge in [0, 0.05) is 6.61 Å². The van der Waals surface area contributed by atoms with Gasteiger partial charge in [0.2, 0.25) is 0 Å². The molecule has 2 fully saturated rings. The average molecular weight is 289 g/mol. The molecule has 1 saturated heterocycles. The lowest BCUT2D eigenvalue weighted by molar-refractivity contribution is -0.141. The van der Waals surface area contributed by atoms with E-state index in [0.717, 1.165) is 31.9 Å². The van der Waals surface area contributed by atoms with E-state index in [0.29, 0.717) is 13.0 Å². The third-order valence-electron chi connectivity index (χ3n) is 4.11. The second-order valence-electron chi connectivity index (χ2n) is 5.44. The number of ketones is 1. The smallest absolute Gasteiger partial charge is 0.375 e. The Labute approximate surface area is 113 Å². The molecule has 0 bridgehead atoms. The molecule has 20 heavy (non-hydrogen) atoms. The lowest BCUT2D eigenvalue weighted by atomic mass is 9.74. The summed E-state index contributed by atoms with van der Waals surface area (Å²) in [5, 5.41) is 7.04. The minimum atomic E-state index is -4.91. The topological polar surface area (TPSA) is 57.0 Å². The summed E-state index contributed by atoms with van der Waals surface area (Å²) in [7, 11) is 0. The van der Waals surface area contributed by atoms with Crippen molar-refractivity contribution in [2.24, 2.45) is 0 Å². The normalized spacial score (nSPS) is 25.4. The quantitative estimate of drug-likeness (QED) is 0.784. The van der Waals surface area contributed by atoms with Gasteiger partial charge in [0.15, 0.2) is 5.69 Å². The van der Waals surface area contributed by atoms with Crippen LogP contribution in [0.2, 0.25) is 0 Å². The monoisotopic (exact) mass is 289 g/mol. The summed E-state index contributed by atoms with van der Waals surface area (Å²) in [5.41, 5.74) is -0.782. The third kappa shape index (κ3) is 2.32. The van der Waals surface area contributed by atoms with Crippen LogP contribution >= 0.6 is 0 Å². The molecule has 1 aliphatic heterocycles. The van der Waals surface area contributed by atoms with Crippen molar-refractivity contribution in [3.05, 3.63) is 11.9 Å². The number of aromatic nitrogens is 3. The van der Waals surface area contributed by atoms with E-state index in [4.69, 9.17) is 4.74 Å². The molecule has 1 spiro atoms. The van der Waals surface area contributed by atoms with Crippen LogP contribution in [-0.2, 0) is 4.74 Å². The van der Waals surface area contributed by atoms with Crippen LogP contribution in [0.4, 0.5) is 13.2 Å². The van der Waals surface area contributed by atoms with Crippen LogP contribution in [0, 0.1) is 0 Å². The third-order valence-corrected chi connectivity index (χ3v) is 4.11. The highest BCUT2D eigenvalue weighted by Gasteiger charge is 2.44. The number of alkyl halides is 3. The first-order valence-corrected chi connectivity index (χ1v) is 6.57. The van der Waals surface area contributed by atoms with E-state index in [-0.39, 0.29) is 11.6 Å². The molecule has 1 saturated carbocycles. The van der Waals surface area contributed by atoms with Crippen LogP contribution in [0.5, 0.6) is 0 Å². The van der Waals surface area contributed by atoms with Crippen LogP contribution in [0.3, 0.4) is 0 Å². The molecule has 8 heteroatoms. The zero-order valence-electron chi connectivity index (χ0n) is 10.7. The standard InChI is InChI=1S/C12H14F3N3O2/c13-12(14,15)10(19)9-7-18(17-16-9)8-2-5-20-11(6-8)3-1-4-11/h7-8H,1-6H2. The van der Waals surface area contributed by atoms with Gasteiger partial charge in [-0.2, -0.15) is 13.2 Å². The highest BCUT2D eigenvalue weighted by atomic mass is 19.4. The molecule has 1 aromatic heterocycles. The molecule has 1 unspecified atom stereocenters. The Morgan fingerprint density at radius 3 is 2.80 bits per heavy atom. The van der Waals surface area contributed by atoms with Crippen molar-refractivity contribution in [1.82, 2.24) is 15.0 Å². The van der Waals surface area contributed by atoms with E-state index in [2.05, 4.69) is 10.3 Å². The fourth-order valence-corrected chi connectivity index (χ4v) is 2.85. The molecule has 0 N–H and O–H groups in total. The molecule has 110 valence electrons. The molecule has 1 atom stereocenters. The predicted molar refractivity (Wildman–Crippen MR) is 61.2 cm³/mol. The first-order chi connectivity index (χ1) is 9.40. The molecular weight excluding hydrogens is 275 g/mol.